The maximum atomic E-state index is 12.6. The molecule has 0 saturated carbocycles. The van der Waals surface area contributed by atoms with Crippen LogP contribution in [-0.4, -0.2) is 15.1 Å². The number of aromatic nitrogens is 1. The third-order valence-electron chi connectivity index (χ3n) is 1.76. The number of nitro groups is 1. The molecule has 6 nitrogen and oxygen atoms in total. The fourth-order valence-corrected chi connectivity index (χ4v) is 1.24. The quantitative estimate of drug-likeness (QED) is 0.472. The van der Waals surface area contributed by atoms with Gasteiger partial charge in [-0.05, 0) is 21.5 Å². The summed E-state index contributed by atoms with van der Waals surface area (Å²) in [6, 6.07) is 1.89. The molecule has 0 aromatic carbocycles. The summed E-state index contributed by atoms with van der Waals surface area (Å²) in [6.45, 7) is 0. The van der Waals surface area contributed by atoms with Crippen LogP contribution in [-0.2, 0) is 0 Å². The zero-order valence-corrected chi connectivity index (χ0v) is 8.61. The highest BCUT2D eigenvalue weighted by atomic mass is 35.5. The smallest absolute Gasteiger partial charge is 0.358 e. The van der Waals surface area contributed by atoms with E-state index in [2.05, 4.69) is 4.98 Å². The molecule has 9 heteroatoms. The van der Waals surface area contributed by atoms with E-state index in [-0.39, 0.29) is 0 Å². The molecule has 0 atom stereocenters. The molecule has 0 fully saturated rings. The first-order chi connectivity index (χ1) is 7.88. The van der Waals surface area contributed by atoms with Crippen molar-refractivity contribution in [2.45, 2.75) is 6.43 Å². The number of hydrogen-bond donors (Lipinski definition) is 0. The number of carbonyl (C=O) groups is 1. The van der Waals surface area contributed by atoms with Crippen molar-refractivity contribution >= 4 is 22.7 Å². The van der Waals surface area contributed by atoms with E-state index in [0.717, 1.165) is 0 Å². The van der Waals surface area contributed by atoms with Gasteiger partial charge in [0, 0.05) is 0 Å². The highest BCUT2D eigenvalue weighted by Gasteiger charge is 2.30. The fraction of sp³-hybridized carbons (Fsp3) is 0.125. The Kier molecular flexibility index (Phi) is 3.65. The lowest BCUT2D eigenvalue weighted by Crippen LogP contribution is -2.07. The summed E-state index contributed by atoms with van der Waals surface area (Å²) in [4.78, 5) is 23.3. The van der Waals surface area contributed by atoms with Crippen molar-refractivity contribution in [1.82, 2.24) is 4.98 Å². The third kappa shape index (κ3) is 2.51. The normalized spacial score (nSPS) is 10.1. The molecule has 0 aliphatic rings. The highest BCUT2D eigenvalue weighted by Crippen LogP contribution is 2.29. The van der Waals surface area contributed by atoms with Crippen molar-refractivity contribution in [2.24, 2.45) is 0 Å². The number of rotatable bonds is 3. The van der Waals surface area contributed by atoms with E-state index < -0.39 is 39.2 Å². The zero-order valence-electron chi connectivity index (χ0n) is 7.85. The number of hydrogen-bond acceptors (Lipinski definition) is 5. The van der Waals surface area contributed by atoms with Crippen LogP contribution >= 0.6 is 11.6 Å². The van der Waals surface area contributed by atoms with Crippen LogP contribution < -0.4 is 0 Å². The Hall–Kier alpha value is -2.14. The standard InChI is InChI=1S/C8H2ClF2N3O3/c9-7(15)6-5(8(10)11)3(2-12)1-4(13-6)14(16)17/h1,8H. The van der Waals surface area contributed by atoms with Gasteiger partial charge in [0.05, 0.1) is 17.2 Å². The van der Waals surface area contributed by atoms with Crippen LogP contribution in [0.15, 0.2) is 6.07 Å². The van der Waals surface area contributed by atoms with Crippen molar-refractivity contribution in [2.75, 3.05) is 0 Å². The maximum absolute atomic E-state index is 12.6. The van der Waals surface area contributed by atoms with Gasteiger partial charge in [0.1, 0.15) is 6.07 Å². The second kappa shape index (κ2) is 4.80. The van der Waals surface area contributed by atoms with Gasteiger partial charge in [0.2, 0.25) is 5.69 Å². The minimum absolute atomic E-state index is 0.560. The summed E-state index contributed by atoms with van der Waals surface area (Å²) in [5.41, 5.74) is -2.68. The summed E-state index contributed by atoms with van der Waals surface area (Å²) < 4.78 is 25.2. The van der Waals surface area contributed by atoms with Gasteiger partial charge in [0.25, 0.3) is 11.7 Å². The van der Waals surface area contributed by atoms with E-state index in [1.54, 1.807) is 0 Å². The Balaban J connectivity index is 3.65. The predicted octanol–water partition coefficient (Wildman–Crippen LogP) is 2.18. The van der Waals surface area contributed by atoms with E-state index in [4.69, 9.17) is 16.9 Å². The molecule has 0 bridgehead atoms. The van der Waals surface area contributed by atoms with Crippen LogP contribution in [0.25, 0.3) is 0 Å². The van der Waals surface area contributed by atoms with Crippen LogP contribution in [0.1, 0.15) is 28.0 Å². The van der Waals surface area contributed by atoms with Gasteiger partial charge in [-0.1, -0.05) is 0 Å². The van der Waals surface area contributed by atoms with Gasteiger partial charge in [-0.2, -0.15) is 5.26 Å². The Labute approximate surface area is 97.6 Å². The average molecular weight is 262 g/mol. The Morgan fingerprint density at radius 2 is 2.24 bits per heavy atom. The summed E-state index contributed by atoms with van der Waals surface area (Å²) in [7, 11) is 0. The molecule has 0 N–H and O–H groups in total. The van der Waals surface area contributed by atoms with Crippen LogP contribution in [0.4, 0.5) is 14.6 Å². The molecule has 1 aromatic heterocycles. The van der Waals surface area contributed by atoms with E-state index >= 15 is 0 Å². The van der Waals surface area contributed by atoms with Gasteiger partial charge in [-0.15, -0.1) is 0 Å². The first-order valence-corrected chi connectivity index (χ1v) is 4.33. The summed E-state index contributed by atoms with van der Waals surface area (Å²) in [5, 5.41) is 17.6. The summed E-state index contributed by atoms with van der Waals surface area (Å²) >= 11 is 4.99. The average Bonchev–Trinajstić information content (AvgIpc) is 2.26. The molecular weight excluding hydrogens is 260 g/mol. The lowest BCUT2D eigenvalue weighted by atomic mass is 10.1. The molecule has 0 aliphatic carbocycles. The van der Waals surface area contributed by atoms with Gasteiger partial charge >= 0.3 is 5.82 Å². The summed E-state index contributed by atoms with van der Waals surface area (Å²) in [6.07, 6.45) is -3.18. The van der Waals surface area contributed by atoms with Crippen LogP contribution in [0.3, 0.4) is 0 Å². The van der Waals surface area contributed by atoms with Gasteiger partial charge < -0.3 is 10.1 Å². The number of nitrogens with zero attached hydrogens (tertiary/aromatic N) is 3. The van der Waals surface area contributed by atoms with E-state index in [0.29, 0.717) is 6.07 Å². The van der Waals surface area contributed by atoms with Crippen LogP contribution in [0, 0.1) is 21.4 Å². The zero-order chi connectivity index (χ0) is 13.2. The second-order valence-corrected chi connectivity index (χ2v) is 3.08. The molecule has 0 unspecified atom stereocenters. The predicted molar refractivity (Wildman–Crippen MR) is 50.7 cm³/mol. The minimum Gasteiger partial charge on any atom is -0.358 e. The van der Waals surface area contributed by atoms with Crippen molar-refractivity contribution in [3.05, 3.63) is 33.0 Å². The maximum Gasteiger partial charge on any atom is 0.365 e. The van der Waals surface area contributed by atoms with Crippen LogP contribution in [0.2, 0.25) is 0 Å². The topological polar surface area (TPSA) is 96.9 Å². The molecule has 0 aliphatic heterocycles. The first kappa shape index (κ1) is 12.9. The number of nitriles is 1. The van der Waals surface area contributed by atoms with Crippen LogP contribution in [0.5, 0.6) is 0 Å². The molecule has 1 aromatic rings. The lowest BCUT2D eigenvalue weighted by molar-refractivity contribution is -0.389. The van der Waals surface area contributed by atoms with Crippen molar-refractivity contribution < 1.29 is 18.5 Å². The van der Waals surface area contributed by atoms with Gasteiger partial charge in [0.15, 0.2) is 0 Å². The Morgan fingerprint density at radius 1 is 1.65 bits per heavy atom. The Morgan fingerprint density at radius 3 is 2.59 bits per heavy atom. The number of pyridine rings is 1. The molecule has 1 rings (SSSR count). The molecule has 88 valence electrons. The largest absolute Gasteiger partial charge is 0.365 e. The molecule has 0 spiro atoms. The van der Waals surface area contributed by atoms with Crippen molar-refractivity contribution in [3.63, 3.8) is 0 Å². The third-order valence-corrected chi connectivity index (χ3v) is 1.94. The molecular formula is C8H2ClF2N3O3. The summed E-state index contributed by atoms with van der Waals surface area (Å²) in [5.74, 6) is -0.894. The number of carbonyl (C=O) groups excluding carboxylic acids is 1. The second-order valence-electron chi connectivity index (χ2n) is 2.73. The Bertz CT molecular complexity index is 542. The van der Waals surface area contributed by atoms with Gasteiger partial charge in [-0.3, -0.25) is 4.79 Å². The minimum atomic E-state index is -3.18. The van der Waals surface area contributed by atoms with E-state index in [1.165, 1.54) is 6.07 Å². The SMILES string of the molecule is N#Cc1cc([N+](=O)[O-])nc(C(=O)Cl)c1C(F)F. The molecule has 0 amide bonds. The fourth-order valence-electron chi connectivity index (χ4n) is 1.10. The first-order valence-electron chi connectivity index (χ1n) is 3.96. The molecule has 17 heavy (non-hydrogen) atoms. The molecule has 1 heterocycles. The lowest BCUT2D eigenvalue weighted by Gasteiger charge is -2.03. The van der Waals surface area contributed by atoms with Crippen molar-refractivity contribution in [3.8, 4) is 6.07 Å². The monoisotopic (exact) mass is 261 g/mol. The van der Waals surface area contributed by atoms with Crippen molar-refractivity contribution in [1.29, 1.82) is 5.26 Å². The van der Waals surface area contributed by atoms with E-state index in [9.17, 15) is 23.7 Å². The molecule has 0 radical (unpaired) electrons. The number of alkyl halides is 2. The molecule has 0 saturated heterocycles. The van der Waals surface area contributed by atoms with E-state index in [1.807, 2.05) is 0 Å². The highest BCUT2D eigenvalue weighted by molar-refractivity contribution is 6.67. The number of halogens is 3. The van der Waals surface area contributed by atoms with Gasteiger partial charge in [-0.25, -0.2) is 8.78 Å².